The first-order valence-electron chi connectivity index (χ1n) is 7.85. The molecule has 0 radical (unpaired) electrons. The topological polar surface area (TPSA) is 80.3 Å². The van der Waals surface area contributed by atoms with E-state index in [0.717, 1.165) is 24.1 Å². The van der Waals surface area contributed by atoms with E-state index in [9.17, 15) is 21.2 Å². The fraction of sp³-hybridized carbons (Fsp3) is 0.333. The average Bonchev–Trinajstić information content (AvgIpc) is 2.51. The van der Waals surface area contributed by atoms with Crippen molar-refractivity contribution in [3.8, 4) is 0 Å². The molecular formula is C18H22FNO4S2. The summed E-state index contributed by atoms with van der Waals surface area (Å²) >= 11 is 0. The molecule has 5 nitrogen and oxygen atoms in total. The maximum absolute atomic E-state index is 13.5. The maximum Gasteiger partial charge on any atom is 0.177 e. The standard InChI is InChI=1S/C18H22FNO4S2/c1-18(2,13-6-5-7-14(19)10-13)12-20-16-9-8-15(25(3,21)22)11-17(16)26(4,23)24/h5-11,20H,12H2,1-4H3. The van der Waals surface area contributed by atoms with Gasteiger partial charge < -0.3 is 5.32 Å². The normalized spacial score (nSPS) is 12.8. The second-order valence-electron chi connectivity index (χ2n) is 6.95. The Morgan fingerprint density at radius 1 is 0.962 bits per heavy atom. The lowest BCUT2D eigenvalue weighted by Crippen LogP contribution is -2.28. The number of rotatable bonds is 6. The van der Waals surface area contributed by atoms with Crippen LogP contribution in [0.3, 0.4) is 0 Å². The Morgan fingerprint density at radius 2 is 1.62 bits per heavy atom. The van der Waals surface area contributed by atoms with Crippen LogP contribution in [0.15, 0.2) is 52.3 Å². The third-order valence-electron chi connectivity index (χ3n) is 4.11. The Hall–Kier alpha value is -1.93. The van der Waals surface area contributed by atoms with E-state index < -0.39 is 25.1 Å². The summed E-state index contributed by atoms with van der Waals surface area (Å²) in [6.07, 6.45) is 2.05. The molecule has 0 aromatic heterocycles. The fourth-order valence-electron chi connectivity index (χ4n) is 2.51. The van der Waals surface area contributed by atoms with E-state index in [1.54, 1.807) is 12.1 Å². The summed E-state index contributed by atoms with van der Waals surface area (Å²) in [7, 11) is -7.17. The van der Waals surface area contributed by atoms with Gasteiger partial charge in [-0.3, -0.25) is 0 Å². The van der Waals surface area contributed by atoms with Crippen molar-refractivity contribution in [3.63, 3.8) is 0 Å². The van der Waals surface area contributed by atoms with Gasteiger partial charge in [-0.1, -0.05) is 26.0 Å². The number of benzene rings is 2. The van der Waals surface area contributed by atoms with E-state index >= 15 is 0 Å². The molecule has 0 aliphatic heterocycles. The molecule has 0 atom stereocenters. The Morgan fingerprint density at radius 3 is 2.15 bits per heavy atom. The summed E-state index contributed by atoms with van der Waals surface area (Å²) in [5.74, 6) is -0.343. The number of nitrogens with one attached hydrogen (secondary N) is 1. The van der Waals surface area contributed by atoms with Gasteiger partial charge in [0.05, 0.1) is 15.5 Å². The molecule has 0 saturated carbocycles. The molecule has 0 amide bonds. The van der Waals surface area contributed by atoms with Crippen LogP contribution >= 0.6 is 0 Å². The molecule has 2 aromatic carbocycles. The minimum atomic E-state index is -3.64. The van der Waals surface area contributed by atoms with Crippen molar-refractivity contribution in [3.05, 3.63) is 53.8 Å². The molecule has 0 spiro atoms. The molecule has 0 heterocycles. The van der Waals surface area contributed by atoms with Crippen molar-refractivity contribution in [2.75, 3.05) is 24.4 Å². The van der Waals surface area contributed by atoms with E-state index in [1.807, 2.05) is 13.8 Å². The van der Waals surface area contributed by atoms with Gasteiger partial charge in [0, 0.05) is 24.5 Å². The van der Waals surface area contributed by atoms with Gasteiger partial charge in [-0.25, -0.2) is 21.2 Å². The second-order valence-corrected chi connectivity index (χ2v) is 10.9. The third kappa shape index (κ3) is 4.82. The van der Waals surface area contributed by atoms with Gasteiger partial charge >= 0.3 is 0 Å². The van der Waals surface area contributed by atoms with Crippen molar-refractivity contribution >= 4 is 25.4 Å². The zero-order valence-corrected chi connectivity index (χ0v) is 16.7. The molecule has 0 aliphatic rings. The summed E-state index contributed by atoms with van der Waals surface area (Å²) in [6.45, 7) is 4.14. The van der Waals surface area contributed by atoms with Crippen molar-refractivity contribution in [1.82, 2.24) is 0 Å². The lowest BCUT2D eigenvalue weighted by atomic mass is 9.84. The first kappa shape index (κ1) is 20.4. The van der Waals surface area contributed by atoms with Crippen LogP contribution in [-0.2, 0) is 25.1 Å². The van der Waals surface area contributed by atoms with E-state index in [1.165, 1.54) is 24.3 Å². The van der Waals surface area contributed by atoms with Crippen LogP contribution in [-0.4, -0.2) is 35.9 Å². The quantitative estimate of drug-likeness (QED) is 0.808. The van der Waals surface area contributed by atoms with Crippen LogP contribution in [0.4, 0.5) is 10.1 Å². The predicted molar refractivity (Wildman–Crippen MR) is 101 cm³/mol. The maximum atomic E-state index is 13.5. The van der Waals surface area contributed by atoms with E-state index in [2.05, 4.69) is 5.32 Å². The van der Waals surface area contributed by atoms with Gasteiger partial charge in [0.2, 0.25) is 0 Å². The molecule has 2 rings (SSSR count). The Bertz CT molecular complexity index is 1030. The highest BCUT2D eigenvalue weighted by molar-refractivity contribution is 7.91. The molecule has 0 saturated heterocycles. The van der Waals surface area contributed by atoms with Crippen LogP contribution in [0.1, 0.15) is 19.4 Å². The highest BCUT2D eigenvalue weighted by Gasteiger charge is 2.23. The minimum Gasteiger partial charge on any atom is -0.383 e. The zero-order valence-electron chi connectivity index (χ0n) is 15.1. The molecule has 0 bridgehead atoms. The van der Waals surface area contributed by atoms with Gasteiger partial charge in [-0.15, -0.1) is 0 Å². The van der Waals surface area contributed by atoms with Gasteiger partial charge in [-0.05, 0) is 35.9 Å². The molecule has 142 valence electrons. The van der Waals surface area contributed by atoms with Crippen molar-refractivity contribution < 1.29 is 21.2 Å². The molecule has 8 heteroatoms. The first-order valence-corrected chi connectivity index (χ1v) is 11.6. The summed E-state index contributed by atoms with van der Waals surface area (Å²) in [5.41, 5.74) is 0.592. The largest absolute Gasteiger partial charge is 0.383 e. The Kier molecular flexibility index (Phi) is 5.49. The monoisotopic (exact) mass is 399 g/mol. The molecule has 26 heavy (non-hydrogen) atoms. The highest BCUT2D eigenvalue weighted by atomic mass is 32.2. The number of sulfone groups is 2. The number of hydrogen-bond acceptors (Lipinski definition) is 5. The van der Waals surface area contributed by atoms with Gasteiger partial charge in [-0.2, -0.15) is 0 Å². The third-order valence-corrected chi connectivity index (χ3v) is 6.35. The lowest BCUT2D eigenvalue weighted by Gasteiger charge is -2.27. The molecule has 0 fully saturated rings. The summed E-state index contributed by atoms with van der Waals surface area (Å²) in [6, 6.07) is 10.2. The van der Waals surface area contributed by atoms with Crippen LogP contribution in [0.25, 0.3) is 0 Å². The number of halogens is 1. The summed E-state index contributed by atoms with van der Waals surface area (Å²) < 4.78 is 61.1. The van der Waals surface area contributed by atoms with Crippen LogP contribution in [0, 0.1) is 5.82 Å². The molecule has 0 aliphatic carbocycles. The first-order chi connectivity index (χ1) is 11.8. The lowest BCUT2D eigenvalue weighted by molar-refractivity contribution is 0.545. The zero-order chi connectivity index (χ0) is 19.8. The molecule has 0 unspecified atom stereocenters. The van der Waals surface area contributed by atoms with Crippen molar-refractivity contribution in [1.29, 1.82) is 0 Å². The molecular weight excluding hydrogens is 377 g/mol. The summed E-state index contributed by atoms with van der Waals surface area (Å²) in [4.78, 5) is -0.150. The Balaban J connectivity index is 2.37. The molecule has 2 aromatic rings. The van der Waals surface area contributed by atoms with Crippen LogP contribution < -0.4 is 5.32 Å². The van der Waals surface area contributed by atoms with Crippen molar-refractivity contribution in [2.45, 2.75) is 29.1 Å². The average molecular weight is 400 g/mol. The number of hydrogen-bond donors (Lipinski definition) is 1. The smallest absolute Gasteiger partial charge is 0.177 e. The molecule has 1 N–H and O–H groups in total. The number of anilines is 1. The van der Waals surface area contributed by atoms with Crippen LogP contribution in [0.5, 0.6) is 0 Å². The van der Waals surface area contributed by atoms with E-state index in [-0.39, 0.29) is 15.6 Å². The van der Waals surface area contributed by atoms with Gasteiger partial charge in [0.25, 0.3) is 0 Å². The minimum absolute atomic E-state index is 0.0622. The van der Waals surface area contributed by atoms with E-state index in [0.29, 0.717) is 12.2 Å². The van der Waals surface area contributed by atoms with Gasteiger partial charge in [0.15, 0.2) is 19.7 Å². The van der Waals surface area contributed by atoms with Crippen molar-refractivity contribution in [2.24, 2.45) is 0 Å². The SMILES string of the molecule is CC(C)(CNc1ccc(S(C)(=O)=O)cc1S(C)(=O)=O)c1cccc(F)c1. The van der Waals surface area contributed by atoms with E-state index in [4.69, 9.17) is 0 Å². The predicted octanol–water partition coefficient (Wildman–Crippen LogP) is 3.02. The van der Waals surface area contributed by atoms with Crippen LogP contribution in [0.2, 0.25) is 0 Å². The van der Waals surface area contributed by atoms with Gasteiger partial charge in [0.1, 0.15) is 5.82 Å². The summed E-state index contributed by atoms with van der Waals surface area (Å²) in [5, 5.41) is 3.06. The fourth-order valence-corrected chi connectivity index (χ4v) is 4.12. The Labute approximate surface area is 154 Å². The highest BCUT2D eigenvalue weighted by Crippen LogP contribution is 2.28. The second kappa shape index (κ2) is 7.00.